The Bertz CT molecular complexity index is 1690. The molecule has 0 saturated heterocycles. The minimum atomic E-state index is -1.40. The van der Waals surface area contributed by atoms with Gasteiger partial charge < -0.3 is 29.0 Å². The molecule has 3 heterocycles. The minimum absolute atomic E-state index is 0.0422. The van der Waals surface area contributed by atoms with Gasteiger partial charge in [0.05, 0.1) is 24.0 Å². The van der Waals surface area contributed by atoms with Crippen molar-refractivity contribution in [2.24, 2.45) is 0 Å². The molecule has 0 aliphatic carbocycles. The van der Waals surface area contributed by atoms with E-state index in [1.54, 1.807) is 19.2 Å². The summed E-state index contributed by atoms with van der Waals surface area (Å²) in [5.41, 5.74) is 3.72. The predicted octanol–water partition coefficient (Wildman–Crippen LogP) is 2.97. The van der Waals surface area contributed by atoms with E-state index < -0.39 is 23.5 Å². The number of carbonyl (C=O) groups is 2. The number of rotatable bonds is 6. The number of aryl methyl sites for hydroxylation is 3. The molecule has 1 amide bonds. The Morgan fingerprint density at radius 3 is 2.49 bits per heavy atom. The summed E-state index contributed by atoms with van der Waals surface area (Å²) >= 11 is 0. The van der Waals surface area contributed by atoms with Crippen molar-refractivity contribution in [2.75, 3.05) is 0 Å². The molecule has 0 aliphatic heterocycles. The molecule has 0 bridgehead atoms. The zero-order valence-corrected chi connectivity index (χ0v) is 19.5. The first-order chi connectivity index (χ1) is 16.7. The Balaban J connectivity index is 1.42. The number of para-hydroxylation sites is 1. The molecule has 2 aromatic carbocycles. The van der Waals surface area contributed by atoms with Gasteiger partial charge >= 0.3 is 5.63 Å². The Morgan fingerprint density at radius 2 is 1.71 bits per heavy atom. The van der Waals surface area contributed by atoms with E-state index in [-0.39, 0.29) is 18.4 Å². The van der Waals surface area contributed by atoms with Gasteiger partial charge in [-0.1, -0.05) is 18.2 Å². The van der Waals surface area contributed by atoms with Crippen molar-refractivity contribution in [1.82, 2.24) is 10.3 Å². The molecular formula is C27H23N2O6-. The fourth-order valence-electron chi connectivity index (χ4n) is 4.55. The van der Waals surface area contributed by atoms with Gasteiger partial charge in [0.2, 0.25) is 5.91 Å². The van der Waals surface area contributed by atoms with Gasteiger partial charge in [-0.2, -0.15) is 0 Å². The van der Waals surface area contributed by atoms with Crippen LogP contribution in [0.4, 0.5) is 0 Å². The van der Waals surface area contributed by atoms with Gasteiger partial charge in [-0.3, -0.25) is 4.79 Å². The first-order valence-corrected chi connectivity index (χ1v) is 11.2. The summed E-state index contributed by atoms with van der Waals surface area (Å²) < 4.78 is 11.2. The van der Waals surface area contributed by atoms with E-state index in [4.69, 9.17) is 8.83 Å². The first-order valence-electron chi connectivity index (χ1n) is 11.2. The summed E-state index contributed by atoms with van der Waals surface area (Å²) in [6.45, 7) is 5.56. The number of hydrogen-bond donors (Lipinski definition) is 2. The molecular weight excluding hydrogens is 448 g/mol. The fourth-order valence-corrected chi connectivity index (χ4v) is 4.55. The molecule has 0 unspecified atom stereocenters. The molecule has 2 N–H and O–H groups in total. The molecule has 8 heteroatoms. The maximum atomic E-state index is 12.8. The van der Waals surface area contributed by atoms with Crippen LogP contribution in [-0.2, 0) is 22.4 Å². The molecule has 0 spiro atoms. The largest absolute Gasteiger partial charge is 0.548 e. The van der Waals surface area contributed by atoms with Crippen LogP contribution < -0.4 is 16.0 Å². The van der Waals surface area contributed by atoms with E-state index >= 15 is 0 Å². The third-order valence-electron chi connectivity index (χ3n) is 6.64. The van der Waals surface area contributed by atoms with Crippen molar-refractivity contribution < 1.29 is 23.5 Å². The van der Waals surface area contributed by atoms with E-state index in [0.717, 1.165) is 33.2 Å². The van der Waals surface area contributed by atoms with E-state index in [1.165, 1.54) is 0 Å². The lowest BCUT2D eigenvalue weighted by Gasteiger charge is -2.20. The molecule has 8 nitrogen and oxygen atoms in total. The Morgan fingerprint density at radius 1 is 1.00 bits per heavy atom. The number of aliphatic carboxylic acids is 1. The first kappa shape index (κ1) is 22.5. The molecule has 0 aliphatic rings. The maximum Gasteiger partial charge on any atom is 0.340 e. The lowest BCUT2D eigenvalue weighted by Crippen LogP contribution is -2.49. The standard InChI is InChI=1S/C27H24N2O6/c1-13-15(3)34-23-11-24-19(9-18(13)23)14(2)20(27(33)35-24)10-25(30)29-22(26(31)32)8-16-12-28-21-7-5-4-6-17(16)21/h4-7,9,11-12,22,28H,8,10H2,1-3H3,(H,29,30)(H,31,32)/p-1/t22-/m0/s1. The van der Waals surface area contributed by atoms with Crippen LogP contribution in [-0.4, -0.2) is 22.9 Å². The average Bonchev–Trinajstić information content (AvgIpc) is 3.35. The van der Waals surface area contributed by atoms with E-state index in [1.807, 2.05) is 44.2 Å². The highest BCUT2D eigenvalue weighted by molar-refractivity contribution is 5.97. The highest BCUT2D eigenvalue weighted by atomic mass is 16.4. The van der Waals surface area contributed by atoms with Crippen molar-refractivity contribution in [1.29, 1.82) is 0 Å². The van der Waals surface area contributed by atoms with Gasteiger partial charge in [-0.25, -0.2) is 4.79 Å². The number of hydrogen-bond acceptors (Lipinski definition) is 6. The van der Waals surface area contributed by atoms with Crippen molar-refractivity contribution in [2.45, 2.75) is 39.7 Å². The number of carboxylic acid groups (broad SMARTS) is 1. The number of aromatic nitrogens is 1. The third kappa shape index (κ3) is 3.97. The monoisotopic (exact) mass is 471 g/mol. The van der Waals surface area contributed by atoms with Gasteiger partial charge in [-0.05, 0) is 49.6 Å². The lowest BCUT2D eigenvalue weighted by molar-refractivity contribution is -0.308. The number of H-pyrrole nitrogens is 1. The molecule has 5 rings (SSSR count). The summed E-state index contributed by atoms with van der Waals surface area (Å²) in [4.78, 5) is 40.4. The number of aromatic amines is 1. The second kappa shape index (κ2) is 8.47. The Kier molecular flexibility index (Phi) is 5.43. The van der Waals surface area contributed by atoms with Crippen LogP contribution in [0.2, 0.25) is 0 Å². The molecule has 35 heavy (non-hydrogen) atoms. The number of furan rings is 1. The Labute approximate surface area is 199 Å². The van der Waals surface area contributed by atoms with Crippen LogP contribution in [0, 0.1) is 20.8 Å². The van der Waals surface area contributed by atoms with Crippen LogP contribution >= 0.6 is 0 Å². The average molecular weight is 471 g/mol. The zero-order valence-electron chi connectivity index (χ0n) is 19.5. The molecule has 1 atom stereocenters. The van der Waals surface area contributed by atoms with Crippen LogP contribution in [0.5, 0.6) is 0 Å². The smallest absolute Gasteiger partial charge is 0.340 e. The minimum Gasteiger partial charge on any atom is -0.548 e. The summed E-state index contributed by atoms with van der Waals surface area (Å²) in [5, 5.41) is 16.8. The Hall–Kier alpha value is -4.33. The third-order valence-corrected chi connectivity index (χ3v) is 6.64. The molecule has 178 valence electrons. The van der Waals surface area contributed by atoms with E-state index in [9.17, 15) is 19.5 Å². The van der Waals surface area contributed by atoms with Crippen LogP contribution in [0.1, 0.15) is 28.0 Å². The van der Waals surface area contributed by atoms with Gasteiger partial charge in [0, 0.05) is 40.4 Å². The van der Waals surface area contributed by atoms with E-state index in [2.05, 4.69) is 10.3 Å². The van der Waals surface area contributed by atoms with Crippen LogP contribution in [0.15, 0.2) is 56.2 Å². The number of amides is 1. The molecule has 3 aromatic heterocycles. The normalized spacial score (nSPS) is 12.4. The number of carboxylic acids is 1. The van der Waals surface area contributed by atoms with Gasteiger partial charge in [0.15, 0.2) is 0 Å². The summed E-state index contributed by atoms with van der Waals surface area (Å²) in [6.07, 6.45) is 1.44. The molecule has 0 fully saturated rings. The lowest BCUT2D eigenvalue weighted by atomic mass is 10.0. The van der Waals surface area contributed by atoms with Gasteiger partial charge in [0.1, 0.15) is 16.9 Å². The summed E-state index contributed by atoms with van der Waals surface area (Å²) in [5.74, 6) is -1.23. The highest BCUT2D eigenvalue weighted by Gasteiger charge is 2.21. The number of benzene rings is 2. The second-order valence-corrected chi connectivity index (χ2v) is 8.80. The topological polar surface area (TPSA) is 128 Å². The second-order valence-electron chi connectivity index (χ2n) is 8.80. The fraction of sp³-hybridized carbons (Fsp3) is 0.222. The number of fused-ring (bicyclic) bond motifs is 3. The summed E-state index contributed by atoms with van der Waals surface area (Å²) in [7, 11) is 0. The van der Waals surface area contributed by atoms with E-state index in [0.29, 0.717) is 22.1 Å². The van der Waals surface area contributed by atoms with Crippen molar-refractivity contribution in [3.8, 4) is 0 Å². The number of carbonyl (C=O) groups excluding carboxylic acids is 2. The molecule has 0 radical (unpaired) electrons. The van der Waals surface area contributed by atoms with Gasteiger partial charge in [-0.15, -0.1) is 0 Å². The predicted molar refractivity (Wildman–Crippen MR) is 129 cm³/mol. The zero-order chi connectivity index (χ0) is 24.9. The SMILES string of the molecule is Cc1oc2cc3oc(=O)c(CC(=O)N[C@@H](Cc4c[nH]c5ccccc45)C(=O)[O-])c(C)c3cc2c1C. The van der Waals surface area contributed by atoms with Crippen LogP contribution in [0.3, 0.4) is 0 Å². The molecule has 5 aromatic rings. The number of nitrogens with one attached hydrogen (secondary N) is 2. The quantitative estimate of drug-likeness (QED) is 0.367. The maximum absolute atomic E-state index is 12.8. The van der Waals surface area contributed by atoms with Crippen molar-refractivity contribution >= 4 is 44.7 Å². The summed E-state index contributed by atoms with van der Waals surface area (Å²) in [6, 6.07) is 9.79. The van der Waals surface area contributed by atoms with Crippen LogP contribution in [0.25, 0.3) is 32.8 Å². The van der Waals surface area contributed by atoms with Gasteiger partial charge in [0.25, 0.3) is 0 Å². The molecule has 0 saturated carbocycles. The van der Waals surface area contributed by atoms with Crippen molar-refractivity contribution in [3.05, 3.63) is 81.0 Å². The highest BCUT2D eigenvalue weighted by Crippen LogP contribution is 2.31. The van der Waals surface area contributed by atoms with Crippen molar-refractivity contribution in [3.63, 3.8) is 0 Å².